The molecule has 16 heavy (non-hydrogen) atoms. The van der Waals surface area contributed by atoms with Crippen LogP contribution in [0.3, 0.4) is 0 Å². The highest BCUT2D eigenvalue weighted by atomic mass is 16.5. The van der Waals surface area contributed by atoms with E-state index in [1.165, 1.54) is 13.8 Å². The number of carboxylic acids is 1. The maximum Gasteiger partial charge on any atom is 0.347 e. The predicted octanol–water partition coefficient (Wildman–Crippen LogP) is 3.05. The number of hydrogen-bond donors (Lipinski definition) is 1. The number of ether oxygens (including phenoxy) is 1. The average molecular weight is 222 g/mol. The molecule has 0 fully saturated rings. The summed E-state index contributed by atoms with van der Waals surface area (Å²) >= 11 is 0. The summed E-state index contributed by atoms with van der Waals surface area (Å²) in [6.07, 6.45) is 0. The summed E-state index contributed by atoms with van der Waals surface area (Å²) in [6.45, 7) is 7.25. The SMILES string of the molecule is CC(C)c1cccc(OC(C)(C)C(=O)O)c1. The summed E-state index contributed by atoms with van der Waals surface area (Å²) in [5, 5.41) is 8.96. The van der Waals surface area contributed by atoms with Crippen LogP contribution < -0.4 is 4.74 Å². The summed E-state index contributed by atoms with van der Waals surface area (Å²) < 4.78 is 5.45. The standard InChI is InChI=1S/C13H18O3/c1-9(2)10-6-5-7-11(8-10)16-13(3,4)12(14)15/h5-9H,1-4H3,(H,14,15). The molecular formula is C13H18O3. The van der Waals surface area contributed by atoms with Crippen LogP contribution in [-0.2, 0) is 4.79 Å². The van der Waals surface area contributed by atoms with Crippen LogP contribution in [0, 0.1) is 0 Å². The zero-order valence-electron chi connectivity index (χ0n) is 10.2. The van der Waals surface area contributed by atoms with Gasteiger partial charge in [-0.3, -0.25) is 0 Å². The van der Waals surface area contributed by atoms with Crippen molar-refractivity contribution in [2.24, 2.45) is 0 Å². The van der Waals surface area contributed by atoms with E-state index in [4.69, 9.17) is 9.84 Å². The van der Waals surface area contributed by atoms with Gasteiger partial charge in [0, 0.05) is 0 Å². The van der Waals surface area contributed by atoms with Gasteiger partial charge in [-0.2, -0.15) is 0 Å². The van der Waals surface area contributed by atoms with Gasteiger partial charge in [0.15, 0.2) is 5.60 Å². The molecule has 0 unspecified atom stereocenters. The Hall–Kier alpha value is -1.51. The van der Waals surface area contributed by atoms with E-state index >= 15 is 0 Å². The summed E-state index contributed by atoms with van der Waals surface area (Å²) in [5.74, 6) is 0.0255. The van der Waals surface area contributed by atoms with E-state index < -0.39 is 11.6 Å². The number of carboxylic acid groups (broad SMARTS) is 1. The first-order valence-corrected chi connectivity index (χ1v) is 5.35. The van der Waals surface area contributed by atoms with Gasteiger partial charge in [-0.05, 0) is 37.5 Å². The molecule has 0 bridgehead atoms. The van der Waals surface area contributed by atoms with Crippen LogP contribution in [0.25, 0.3) is 0 Å². The number of rotatable bonds is 4. The topological polar surface area (TPSA) is 46.5 Å². The minimum Gasteiger partial charge on any atom is -0.478 e. The number of hydrogen-bond acceptors (Lipinski definition) is 2. The van der Waals surface area contributed by atoms with Crippen molar-refractivity contribution in [3.8, 4) is 5.75 Å². The van der Waals surface area contributed by atoms with Crippen molar-refractivity contribution in [1.29, 1.82) is 0 Å². The van der Waals surface area contributed by atoms with Gasteiger partial charge in [0.05, 0.1) is 0 Å². The Morgan fingerprint density at radius 3 is 2.50 bits per heavy atom. The summed E-state index contributed by atoms with van der Waals surface area (Å²) in [6, 6.07) is 7.54. The van der Waals surface area contributed by atoms with Gasteiger partial charge in [-0.25, -0.2) is 4.79 Å². The zero-order valence-corrected chi connectivity index (χ0v) is 10.2. The van der Waals surface area contributed by atoms with Crippen LogP contribution in [0.15, 0.2) is 24.3 Å². The molecule has 0 aliphatic rings. The second kappa shape index (κ2) is 4.56. The van der Waals surface area contributed by atoms with E-state index in [2.05, 4.69) is 13.8 Å². The van der Waals surface area contributed by atoms with Gasteiger partial charge in [0.1, 0.15) is 5.75 Å². The summed E-state index contributed by atoms with van der Waals surface area (Å²) in [4.78, 5) is 10.9. The zero-order chi connectivity index (χ0) is 12.3. The highest BCUT2D eigenvalue weighted by Crippen LogP contribution is 2.23. The quantitative estimate of drug-likeness (QED) is 0.851. The molecule has 0 atom stereocenters. The van der Waals surface area contributed by atoms with Crippen LogP contribution in [0.2, 0.25) is 0 Å². The maximum absolute atomic E-state index is 10.9. The Morgan fingerprint density at radius 2 is 2.00 bits per heavy atom. The smallest absolute Gasteiger partial charge is 0.347 e. The first-order valence-electron chi connectivity index (χ1n) is 5.35. The third-order valence-corrected chi connectivity index (χ3v) is 2.41. The van der Waals surface area contributed by atoms with Crippen molar-refractivity contribution in [3.05, 3.63) is 29.8 Å². The molecule has 0 aromatic heterocycles. The van der Waals surface area contributed by atoms with Crippen LogP contribution in [-0.4, -0.2) is 16.7 Å². The fraction of sp³-hybridized carbons (Fsp3) is 0.462. The second-order valence-corrected chi connectivity index (χ2v) is 4.64. The lowest BCUT2D eigenvalue weighted by Crippen LogP contribution is -2.37. The normalized spacial score (nSPS) is 11.6. The van der Waals surface area contributed by atoms with E-state index in [0.717, 1.165) is 5.56 Å². The molecule has 1 aromatic rings. The Bertz CT molecular complexity index is 381. The molecule has 1 aromatic carbocycles. The van der Waals surface area contributed by atoms with Crippen LogP contribution in [0.4, 0.5) is 0 Å². The van der Waals surface area contributed by atoms with Crippen LogP contribution in [0.5, 0.6) is 5.75 Å². The molecule has 1 rings (SSSR count). The average Bonchev–Trinajstić information content (AvgIpc) is 2.17. The number of benzene rings is 1. The van der Waals surface area contributed by atoms with E-state index in [9.17, 15) is 4.79 Å². The molecule has 0 amide bonds. The third-order valence-electron chi connectivity index (χ3n) is 2.41. The number of aliphatic carboxylic acids is 1. The van der Waals surface area contributed by atoms with Gasteiger partial charge in [0.25, 0.3) is 0 Å². The molecule has 88 valence electrons. The van der Waals surface area contributed by atoms with Crippen molar-refractivity contribution in [3.63, 3.8) is 0 Å². The molecule has 0 radical (unpaired) electrons. The Labute approximate surface area is 96.1 Å². The fourth-order valence-electron chi connectivity index (χ4n) is 1.28. The predicted molar refractivity (Wildman–Crippen MR) is 62.9 cm³/mol. The molecule has 0 saturated heterocycles. The summed E-state index contributed by atoms with van der Waals surface area (Å²) in [7, 11) is 0. The first kappa shape index (κ1) is 12.6. The van der Waals surface area contributed by atoms with Crippen LogP contribution in [0.1, 0.15) is 39.2 Å². The molecule has 1 N–H and O–H groups in total. The monoisotopic (exact) mass is 222 g/mol. The van der Waals surface area contributed by atoms with Gasteiger partial charge in [0.2, 0.25) is 0 Å². The molecular weight excluding hydrogens is 204 g/mol. The molecule has 3 nitrogen and oxygen atoms in total. The highest BCUT2D eigenvalue weighted by molar-refractivity contribution is 5.76. The van der Waals surface area contributed by atoms with E-state index in [1.807, 2.05) is 18.2 Å². The Balaban J connectivity index is 2.90. The Kier molecular flexibility index (Phi) is 3.58. The van der Waals surface area contributed by atoms with E-state index in [1.54, 1.807) is 6.07 Å². The minimum absolute atomic E-state index is 0.400. The first-order chi connectivity index (χ1) is 7.33. The van der Waals surface area contributed by atoms with Crippen molar-refractivity contribution in [1.82, 2.24) is 0 Å². The molecule has 0 aliphatic heterocycles. The lowest BCUT2D eigenvalue weighted by molar-refractivity contribution is -0.152. The lowest BCUT2D eigenvalue weighted by atomic mass is 10.0. The minimum atomic E-state index is -1.20. The van der Waals surface area contributed by atoms with E-state index in [0.29, 0.717) is 11.7 Å². The molecule has 3 heteroatoms. The van der Waals surface area contributed by atoms with E-state index in [-0.39, 0.29) is 0 Å². The summed E-state index contributed by atoms with van der Waals surface area (Å²) in [5.41, 5.74) is -0.0611. The van der Waals surface area contributed by atoms with Crippen molar-refractivity contribution in [2.45, 2.75) is 39.2 Å². The third kappa shape index (κ3) is 2.99. The molecule has 0 spiro atoms. The fourth-order valence-corrected chi connectivity index (χ4v) is 1.28. The lowest BCUT2D eigenvalue weighted by Gasteiger charge is -2.22. The molecule has 0 aliphatic carbocycles. The van der Waals surface area contributed by atoms with Gasteiger partial charge < -0.3 is 9.84 Å². The molecule has 0 saturated carbocycles. The van der Waals surface area contributed by atoms with Gasteiger partial charge in [-0.15, -0.1) is 0 Å². The van der Waals surface area contributed by atoms with Crippen LogP contribution >= 0.6 is 0 Å². The van der Waals surface area contributed by atoms with Crippen molar-refractivity contribution >= 4 is 5.97 Å². The largest absolute Gasteiger partial charge is 0.478 e. The van der Waals surface area contributed by atoms with Crippen molar-refractivity contribution < 1.29 is 14.6 Å². The number of carbonyl (C=O) groups is 1. The van der Waals surface area contributed by atoms with Crippen molar-refractivity contribution in [2.75, 3.05) is 0 Å². The highest BCUT2D eigenvalue weighted by Gasteiger charge is 2.29. The van der Waals surface area contributed by atoms with Gasteiger partial charge >= 0.3 is 5.97 Å². The van der Waals surface area contributed by atoms with Gasteiger partial charge in [-0.1, -0.05) is 26.0 Å². The maximum atomic E-state index is 10.9. The Morgan fingerprint density at radius 1 is 1.38 bits per heavy atom. The second-order valence-electron chi connectivity index (χ2n) is 4.64. The molecule has 0 heterocycles.